The van der Waals surface area contributed by atoms with Gasteiger partial charge in [0.05, 0.1) is 4.90 Å². The highest BCUT2D eigenvalue weighted by Gasteiger charge is 2.25. The van der Waals surface area contributed by atoms with Crippen LogP contribution >= 0.6 is 0 Å². The Hall–Kier alpha value is -1.07. The number of ether oxygens (including phenoxy) is 1. The van der Waals surface area contributed by atoms with E-state index in [1.54, 1.807) is 24.3 Å². The van der Waals surface area contributed by atoms with Crippen LogP contribution in [0.15, 0.2) is 29.2 Å². The molecule has 1 aliphatic carbocycles. The number of benzene rings is 1. The zero-order valence-electron chi connectivity index (χ0n) is 11.7. The summed E-state index contributed by atoms with van der Waals surface area (Å²) in [6.07, 6.45) is 3.76. The molecule has 0 heterocycles. The third-order valence-electron chi connectivity index (χ3n) is 3.67. The van der Waals surface area contributed by atoms with E-state index in [9.17, 15) is 8.42 Å². The smallest absolute Gasteiger partial charge is 0.242 e. The zero-order valence-corrected chi connectivity index (χ0v) is 12.5. The van der Waals surface area contributed by atoms with Crippen molar-refractivity contribution in [2.75, 3.05) is 14.1 Å². The van der Waals surface area contributed by atoms with Gasteiger partial charge in [-0.25, -0.2) is 12.7 Å². The van der Waals surface area contributed by atoms with Crippen molar-refractivity contribution >= 4 is 10.0 Å². The molecule has 2 atom stereocenters. The molecular formula is C14H21NO3S. The zero-order chi connectivity index (χ0) is 14.0. The van der Waals surface area contributed by atoms with Crippen LogP contribution in [0, 0.1) is 5.92 Å². The maximum Gasteiger partial charge on any atom is 0.242 e. The minimum atomic E-state index is -3.35. The first-order valence-electron chi connectivity index (χ1n) is 6.60. The van der Waals surface area contributed by atoms with Crippen LogP contribution in [0.3, 0.4) is 0 Å². The first-order chi connectivity index (χ1) is 8.91. The molecule has 1 saturated carbocycles. The third-order valence-corrected chi connectivity index (χ3v) is 5.50. The topological polar surface area (TPSA) is 46.6 Å². The first kappa shape index (κ1) is 14.3. The van der Waals surface area contributed by atoms with E-state index in [2.05, 4.69) is 6.92 Å². The Morgan fingerprint density at radius 3 is 2.26 bits per heavy atom. The molecule has 1 aromatic rings. The van der Waals surface area contributed by atoms with E-state index in [1.165, 1.54) is 31.2 Å². The van der Waals surface area contributed by atoms with Gasteiger partial charge in [-0.1, -0.05) is 6.92 Å². The standard InChI is InChI=1S/C14H21NO3S/c1-11-5-4-6-14(11)18-12-7-9-13(10-8-12)19(16,17)15(2)3/h7-11,14H,4-6H2,1-3H3. The molecule has 1 aliphatic rings. The van der Waals surface area contributed by atoms with Gasteiger partial charge in [0.1, 0.15) is 11.9 Å². The fourth-order valence-electron chi connectivity index (χ4n) is 2.36. The molecule has 0 saturated heterocycles. The van der Waals surface area contributed by atoms with Gasteiger partial charge >= 0.3 is 0 Å². The Labute approximate surface area is 115 Å². The summed E-state index contributed by atoms with van der Waals surface area (Å²) in [5.41, 5.74) is 0. The Bertz CT molecular complexity index is 522. The average molecular weight is 283 g/mol. The van der Waals surface area contributed by atoms with E-state index in [0.717, 1.165) is 12.2 Å². The van der Waals surface area contributed by atoms with Crippen molar-refractivity contribution in [3.63, 3.8) is 0 Å². The van der Waals surface area contributed by atoms with Crippen molar-refractivity contribution in [3.05, 3.63) is 24.3 Å². The Morgan fingerprint density at radius 1 is 1.16 bits per heavy atom. The summed E-state index contributed by atoms with van der Waals surface area (Å²) < 4.78 is 31.0. The van der Waals surface area contributed by atoms with Crippen molar-refractivity contribution in [3.8, 4) is 5.75 Å². The van der Waals surface area contributed by atoms with Crippen LogP contribution in [-0.2, 0) is 10.0 Å². The molecule has 0 spiro atoms. The Morgan fingerprint density at radius 2 is 1.79 bits per heavy atom. The maximum atomic E-state index is 11.9. The number of hydrogen-bond donors (Lipinski definition) is 0. The highest BCUT2D eigenvalue weighted by atomic mass is 32.2. The highest BCUT2D eigenvalue weighted by molar-refractivity contribution is 7.89. The summed E-state index contributed by atoms with van der Waals surface area (Å²) in [6, 6.07) is 6.68. The predicted octanol–water partition coefficient (Wildman–Crippen LogP) is 2.50. The fourth-order valence-corrected chi connectivity index (χ4v) is 3.26. The average Bonchev–Trinajstić information content (AvgIpc) is 2.75. The van der Waals surface area contributed by atoms with Crippen LogP contribution in [0.2, 0.25) is 0 Å². The summed E-state index contributed by atoms with van der Waals surface area (Å²) in [4.78, 5) is 0.296. The van der Waals surface area contributed by atoms with E-state index in [-0.39, 0.29) is 6.10 Å². The molecule has 0 amide bonds. The minimum absolute atomic E-state index is 0.260. The molecule has 0 N–H and O–H groups in total. The van der Waals surface area contributed by atoms with Crippen LogP contribution in [-0.4, -0.2) is 32.9 Å². The number of rotatable bonds is 4. The van der Waals surface area contributed by atoms with Gasteiger partial charge in [0.25, 0.3) is 0 Å². The van der Waals surface area contributed by atoms with E-state index in [1.807, 2.05) is 0 Å². The summed E-state index contributed by atoms with van der Waals surface area (Å²) >= 11 is 0. The highest BCUT2D eigenvalue weighted by Crippen LogP contribution is 2.29. The third kappa shape index (κ3) is 3.09. The number of nitrogens with zero attached hydrogens (tertiary/aromatic N) is 1. The molecule has 4 nitrogen and oxygen atoms in total. The second-order valence-corrected chi connectivity index (χ2v) is 7.48. The van der Waals surface area contributed by atoms with E-state index < -0.39 is 10.0 Å². The van der Waals surface area contributed by atoms with Gasteiger partial charge < -0.3 is 4.74 Å². The van der Waals surface area contributed by atoms with Crippen molar-refractivity contribution < 1.29 is 13.2 Å². The van der Waals surface area contributed by atoms with E-state index in [0.29, 0.717) is 10.8 Å². The van der Waals surface area contributed by atoms with Gasteiger partial charge in [-0.2, -0.15) is 0 Å². The molecule has 1 fully saturated rings. The van der Waals surface area contributed by atoms with Crippen molar-refractivity contribution in [1.29, 1.82) is 0 Å². The van der Waals surface area contributed by atoms with Crippen LogP contribution in [0.5, 0.6) is 5.75 Å². The van der Waals surface area contributed by atoms with Crippen LogP contribution in [0.1, 0.15) is 26.2 Å². The molecule has 0 bridgehead atoms. The minimum Gasteiger partial charge on any atom is -0.490 e. The van der Waals surface area contributed by atoms with Crippen molar-refractivity contribution in [2.45, 2.75) is 37.2 Å². The fraction of sp³-hybridized carbons (Fsp3) is 0.571. The molecule has 106 valence electrons. The molecule has 2 rings (SSSR count). The van der Waals surface area contributed by atoms with Gasteiger partial charge in [0, 0.05) is 14.1 Å². The lowest BCUT2D eigenvalue weighted by molar-refractivity contribution is 0.167. The molecule has 5 heteroatoms. The van der Waals surface area contributed by atoms with Crippen molar-refractivity contribution in [1.82, 2.24) is 4.31 Å². The lowest BCUT2D eigenvalue weighted by atomic mass is 10.1. The molecule has 2 unspecified atom stereocenters. The Kier molecular flexibility index (Phi) is 4.16. The van der Waals surface area contributed by atoms with E-state index >= 15 is 0 Å². The van der Waals surface area contributed by atoms with Gasteiger partial charge in [0.15, 0.2) is 0 Å². The predicted molar refractivity (Wildman–Crippen MR) is 74.7 cm³/mol. The number of sulfonamides is 1. The molecule has 1 aromatic carbocycles. The molecule has 19 heavy (non-hydrogen) atoms. The van der Waals surface area contributed by atoms with Gasteiger partial charge in [-0.05, 0) is 49.4 Å². The summed E-state index contributed by atoms with van der Waals surface area (Å²) in [5.74, 6) is 1.32. The van der Waals surface area contributed by atoms with Gasteiger partial charge in [0.2, 0.25) is 10.0 Å². The monoisotopic (exact) mass is 283 g/mol. The summed E-state index contributed by atoms with van der Waals surface area (Å²) in [6.45, 7) is 2.20. The van der Waals surface area contributed by atoms with Gasteiger partial charge in [-0.15, -0.1) is 0 Å². The van der Waals surface area contributed by atoms with Gasteiger partial charge in [-0.3, -0.25) is 0 Å². The maximum absolute atomic E-state index is 11.9. The van der Waals surface area contributed by atoms with Crippen LogP contribution in [0.25, 0.3) is 0 Å². The lowest BCUT2D eigenvalue weighted by Gasteiger charge is -2.18. The van der Waals surface area contributed by atoms with E-state index in [4.69, 9.17) is 4.74 Å². The SMILES string of the molecule is CC1CCCC1Oc1ccc(S(=O)(=O)N(C)C)cc1. The van der Waals surface area contributed by atoms with Crippen molar-refractivity contribution in [2.24, 2.45) is 5.92 Å². The first-order valence-corrected chi connectivity index (χ1v) is 8.04. The summed E-state index contributed by atoms with van der Waals surface area (Å²) in [7, 11) is -0.298. The largest absolute Gasteiger partial charge is 0.490 e. The molecule has 0 aromatic heterocycles. The van der Waals surface area contributed by atoms with Crippen LogP contribution in [0.4, 0.5) is 0 Å². The number of hydrogen-bond acceptors (Lipinski definition) is 3. The second-order valence-electron chi connectivity index (χ2n) is 5.32. The van der Waals surface area contributed by atoms with Crippen LogP contribution < -0.4 is 4.74 Å². The quantitative estimate of drug-likeness (QED) is 0.853. The molecule has 0 radical (unpaired) electrons. The normalized spacial score (nSPS) is 23.8. The lowest BCUT2D eigenvalue weighted by Crippen LogP contribution is -2.22. The molecule has 0 aliphatic heterocycles. The summed E-state index contributed by atoms with van der Waals surface area (Å²) in [5, 5.41) is 0. The second kappa shape index (κ2) is 5.51. The molecular weight excluding hydrogens is 262 g/mol. The Balaban J connectivity index is 2.11.